The van der Waals surface area contributed by atoms with Gasteiger partial charge in [0.25, 0.3) is 0 Å². The molecule has 0 radical (unpaired) electrons. The van der Waals surface area contributed by atoms with Crippen LogP contribution in [0.4, 0.5) is 0 Å². The zero-order valence-electron chi connectivity index (χ0n) is 11.4. The number of nitrogens with one attached hydrogen (secondary N) is 1. The molecule has 1 aromatic rings. The van der Waals surface area contributed by atoms with Crippen molar-refractivity contribution in [1.82, 2.24) is 20.0 Å². The van der Waals surface area contributed by atoms with Crippen molar-refractivity contribution in [3.8, 4) is 0 Å². The van der Waals surface area contributed by atoms with Gasteiger partial charge >= 0.3 is 0 Å². The summed E-state index contributed by atoms with van der Waals surface area (Å²) in [6.07, 6.45) is 0. The molecule has 0 aliphatic heterocycles. The summed E-state index contributed by atoms with van der Waals surface area (Å²) in [6.45, 7) is 7.18. The fourth-order valence-corrected chi connectivity index (χ4v) is 2.37. The molecule has 4 nitrogen and oxygen atoms in total. The summed E-state index contributed by atoms with van der Waals surface area (Å²) >= 11 is 6.22. The largest absolute Gasteiger partial charge is 0.319 e. The highest BCUT2D eigenvalue weighted by atomic mass is 35.5. The van der Waals surface area contributed by atoms with Gasteiger partial charge in [0.2, 0.25) is 0 Å². The van der Waals surface area contributed by atoms with Gasteiger partial charge in [-0.1, -0.05) is 18.5 Å². The predicted octanol–water partition coefficient (Wildman–Crippen LogP) is 1.67. The third kappa shape index (κ3) is 3.98. The highest BCUT2D eigenvalue weighted by Crippen LogP contribution is 2.20. The standard InChI is InChI=1S/C12H23ClN4/c1-9(6-14-3)7-16(4)8-11-10(2)15-17(5)12(11)13/h9,14H,6-8H2,1-5H3. The first-order valence-electron chi connectivity index (χ1n) is 5.96. The van der Waals surface area contributed by atoms with E-state index in [-0.39, 0.29) is 0 Å². The van der Waals surface area contributed by atoms with Gasteiger partial charge in [-0.2, -0.15) is 5.10 Å². The minimum Gasteiger partial charge on any atom is -0.319 e. The van der Waals surface area contributed by atoms with E-state index in [4.69, 9.17) is 11.6 Å². The summed E-state index contributed by atoms with van der Waals surface area (Å²) in [6, 6.07) is 0. The minimum absolute atomic E-state index is 0.626. The first-order chi connectivity index (χ1) is 7.95. The zero-order chi connectivity index (χ0) is 13.0. The first-order valence-corrected chi connectivity index (χ1v) is 6.34. The Kier molecular flexibility index (Phi) is 5.43. The van der Waals surface area contributed by atoms with Crippen LogP contribution in [0.25, 0.3) is 0 Å². The maximum atomic E-state index is 6.22. The van der Waals surface area contributed by atoms with Crippen molar-refractivity contribution < 1.29 is 0 Å². The van der Waals surface area contributed by atoms with Crippen molar-refractivity contribution in [3.05, 3.63) is 16.4 Å². The number of nitrogens with zero attached hydrogens (tertiary/aromatic N) is 3. The number of rotatable bonds is 6. The number of hydrogen-bond donors (Lipinski definition) is 1. The molecule has 0 bridgehead atoms. The Morgan fingerprint density at radius 2 is 2.18 bits per heavy atom. The van der Waals surface area contributed by atoms with Gasteiger partial charge in [0.05, 0.1) is 5.69 Å². The molecule has 1 unspecified atom stereocenters. The van der Waals surface area contributed by atoms with Gasteiger partial charge in [-0.05, 0) is 33.5 Å². The van der Waals surface area contributed by atoms with Crippen LogP contribution in [0.5, 0.6) is 0 Å². The smallest absolute Gasteiger partial charge is 0.131 e. The number of hydrogen-bond acceptors (Lipinski definition) is 3. The molecule has 1 atom stereocenters. The van der Waals surface area contributed by atoms with Gasteiger partial charge < -0.3 is 10.2 Å². The zero-order valence-corrected chi connectivity index (χ0v) is 12.2. The van der Waals surface area contributed by atoms with Gasteiger partial charge in [-0.25, -0.2) is 0 Å². The molecule has 0 aliphatic rings. The lowest BCUT2D eigenvalue weighted by molar-refractivity contribution is 0.276. The molecule has 0 amide bonds. The van der Waals surface area contributed by atoms with Crippen LogP contribution in [0.1, 0.15) is 18.2 Å². The highest BCUT2D eigenvalue weighted by molar-refractivity contribution is 6.30. The van der Waals surface area contributed by atoms with Gasteiger partial charge in [0, 0.05) is 25.7 Å². The second kappa shape index (κ2) is 6.38. The molecule has 0 aliphatic carbocycles. The van der Waals surface area contributed by atoms with E-state index in [0.717, 1.165) is 36.0 Å². The molecule has 5 heteroatoms. The van der Waals surface area contributed by atoms with E-state index >= 15 is 0 Å². The molecular formula is C12H23ClN4. The van der Waals surface area contributed by atoms with Crippen LogP contribution in [0.3, 0.4) is 0 Å². The second-order valence-electron chi connectivity index (χ2n) is 4.84. The Morgan fingerprint density at radius 1 is 1.53 bits per heavy atom. The molecule has 0 aromatic carbocycles. The molecule has 1 heterocycles. The van der Waals surface area contributed by atoms with Gasteiger partial charge in [0.1, 0.15) is 5.15 Å². The van der Waals surface area contributed by atoms with Gasteiger partial charge in [-0.15, -0.1) is 0 Å². The quantitative estimate of drug-likeness (QED) is 0.843. The number of aromatic nitrogens is 2. The van der Waals surface area contributed by atoms with Crippen LogP contribution >= 0.6 is 11.6 Å². The average Bonchev–Trinajstić information content (AvgIpc) is 2.45. The molecule has 0 saturated carbocycles. The van der Waals surface area contributed by atoms with Crippen LogP contribution in [0.2, 0.25) is 5.15 Å². The van der Waals surface area contributed by atoms with Crippen LogP contribution < -0.4 is 5.32 Å². The van der Waals surface area contributed by atoms with Crippen molar-refractivity contribution in [2.75, 3.05) is 27.2 Å². The third-order valence-electron chi connectivity index (χ3n) is 2.87. The Bertz CT molecular complexity index is 362. The van der Waals surface area contributed by atoms with Crippen LogP contribution in [0, 0.1) is 12.8 Å². The molecule has 1 N–H and O–H groups in total. The Hall–Kier alpha value is -0.580. The molecule has 1 aromatic heterocycles. The lowest BCUT2D eigenvalue weighted by Gasteiger charge is -2.21. The summed E-state index contributed by atoms with van der Waals surface area (Å²) in [5.74, 6) is 0.626. The maximum absolute atomic E-state index is 6.22. The summed E-state index contributed by atoms with van der Waals surface area (Å²) in [5, 5.41) is 8.27. The molecule has 98 valence electrons. The van der Waals surface area contributed by atoms with Gasteiger partial charge in [0.15, 0.2) is 0 Å². The van der Waals surface area contributed by atoms with Crippen molar-refractivity contribution in [3.63, 3.8) is 0 Å². The summed E-state index contributed by atoms with van der Waals surface area (Å²) in [5.41, 5.74) is 2.15. The topological polar surface area (TPSA) is 33.1 Å². The monoisotopic (exact) mass is 258 g/mol. The molecule has 0 fully saturated rings. The molecule has 0 spiro atoms. The third-order valence-corrected chi connectivity index (χ3v) is 3.35. The van der Waals surface area contributed by atoms with Crippen molar-refractivity contribution in [1.29, 1.82) is 0 Å². The van der Waals surface area contributed by atoms with Crippen LogP contribution in [-0.2, 0) is 13.6 Å². The Morgan fingerprint density at radius 3 is 2.65 bits per heavy atom. The fourth-order valence-electron chi connectivity index (χ4n) is 2.13. The van der Waals surface area contributed by atoms with E-state index in [2.05, 4.69) is 29.3 Å². The van der Waals surface area contributed by atoms with Crippen molar-refractivity contribution in [2.45, 2.75) is 20.4 Å². The Labute approximate surface area is 109 Å². The van der Waals surface area contributed by atoms with E-state index in [1.165, 1.54) is 0 Å². The molecule has 1 rings (SSSR count). The highest BCUT2D eigenvalue weighted by Gasteiger charge is 2.14. The van der Waals surface area contributed by atoms with Gasteiger partial charge in [-0.3, -0.25) is 4.68 Å². The van der Waals surface area contributed by atoms with Crippen LogP contribution in [0.15, 0.2) is 0 Å². The van der Waals surface area contributed by atoms with Crippen molar-refractivity contribution in [2.24, 2.45) is 13.0 Å². The SMILES string of the molecule is CNCC(C)CN(C)Cc1c(C)nn(C)c1Cl. The molecular weight excluding hydrogens is 236 g/mol. The normalized spacial score (nSPS) is 13.4. The fraction of sp³-hybridized carbons (Fsp3) is 0.750. The first kappa shape index (κ1) is 14.5. The second-order valence-corrected chi connectivity index (χ2v) is 5.20. The maximum Gasteiger partial charge on any atom is 0.131 e. The average molecular weight is 259 g/mol. The summed E-state index contributed by atoms with van der Waals surface area (Å²) < 4.78 is 1.73. The van der Waals surface area contributed by atoms with E-state index in [0.29, 0.717) is 5.92 Å². The lowest BCUT2D eigenvalue weighted by atomic mass is 10.1. The number of halogens is 1. The molecule has 17 heavy (non-hydrogen) atoms. The van der Waals surface area contributed by atoms with E-state index < -0.39 is 0 Å². The molecule has 0 saturated heterocycles. The summed E-state index contributed by atoms with van der Waals surface area (Å²) in [7, 11) is 5.98. The van der Waals surface area contributed by atoms with Crippen molar-refractivity contribution >= 4 is 11.6 Å². The van der Waals surface area contributed by atoms with E-state index in [1.54, 1.807) is 4.68 Å². The predicted molar refractivity (Wildman–Crippen MR) is 72.4 cm³/mol. The lowest BCUT2D eigenvalue weighted by Crippen LogP contribution is -2.29. The Balaban J connectivity index is 2.58. The number of aryl methyl sites for hydroxylation is 2. The van der Waals surface area contributed by atoms with Crippen LogP contribution in [-0.4, -0.2) is 41.9 Å². The van der Waals surface area contributed by atoms with E-state index in [9.17, 15) is 0 Å². The van der Waals surface area contributed by atoms with E-state index in [1.807, 2.05) is 21.0 Å². The minimum atomic E-state index is 0.626. The summed E-state index contributed by atoms with van der Waals surface area (Å²) in [4.78, 5) is 2.29.